The van der Waals surface area contributed by atoms with Crippen LogP contribution in [0.3, 0.4) is 0 Å². The van der Waals surface area contributed by atoms with Crippen LogP contribution in [0.2, 0.25) is 0 Å². The van der Waals surface area contributed by atoms with Crippen molar-refractivity contribution in [3.63, 3.8) is 0 Å². The average molecular weight is 348 g/mol. The van der Waals surface area contributed by atoms with Crippen molar-refractivity contribution < 1.29 is 23.7 Å². The Morgan fingerprint density at radius 2 is 1.85 bits per heavy atom. The van der Waals surface area contributed by atoms with Gasteiger partial charge in [-0.3, -0.25) is 0 Å². The SMILES string of the molecule is CCOC(=O)C(N)c1cc(OC)c(OC)c(OC)c1Br. The lowest BCUT2D eigenvalue weighted by Gasteiger charge is -2.19. The molecule has 0 heterocycles. The molecular formula is C13H18BrNO5. The van der Waals surface area contributed by atoms with E-state index in [-0.39, 0.29) is 6.61 Å². The highest BCUT2D eigenvalue weighted by molar-refractivity contribution is 9.10. The van der Waals surface area contributed by atoms with Crippen LogP contribution in [0.25, 0.3) is 0 Å². The molecule has 1 unspecified atom stereocenters. The van der Waals surface area contributed by atoms with Gasteiger partial charge in [0.2, 0.25) is 5.75 Å². The summed E-state index contributed by atoms with van der Waals surface area (Å²) in [5.41, 5.74) is 6.41. The lowest BCUT2D eigenvalue weighted by molar-refractivity contribution is -0.144. The number of methoxy groups -OCH3 is 3. The van der Waals surface area contributed by atoms with E-state index in [0.29, 0.717) is 27.3 Å². The number of carbonyl (C=O) groups excluding carboxylic acids is 1. The molecule has 1 aromatic rings. The highest BCUT2D eigenvalue weighted by atomic mass is 79.9. The van der Waals surface area contributed by atoms with Crippen molar-refractivity contribution in [2.75, 3.05) is 27.9 Å². The molecule has 0 amide bonds. The first-order chi connectivity index (χ1) is 9.51. The first-order valence-electron chi connectivity index (χ1n) is 5.92. The minimum atomic E-state index is -0.946. The second-order valence-corrected chi connectivity index (χ2v) is 4.57. The number of benzene rings is 1. The molecular weight excluding hydrogens is 330 g/mol. The van der Waals surface area contributed by atoms with E-state index in [2.05, 4.69) is 15.9 Å². The summed E-state index contributed by atoms with van der Waals surface area (Å²) in [6, 6.07) is 0.672. The summed E-state index contributed by atoms with van der Waals surface area (Å²) in [5, 5.41) is 0. The van der Waals surface area contributed by atoms with E-state index in [1.165, 1.54) is 21.3 Å². The smallest absolute Gasteiger partial charge is 0.327 e. The number of carbonyl (C=O) groups is 1. The molecule has 0 aromatic heterocycles. The van der Waals surface area contributed by atoms with Gasteiger partial charge in [0, 0.05) is 5.56 Å². The summed E-state index contributed by atoms with van der Waals surface area (Å²) in [5.74, 6) is 0.716. The Morgan fingerprint density at radius 1 is 1.25 bits per heavy atom. The average Bonchev–Trinajstić information content (AvgIpc) is 2.45. The zero-order valence-corrected chi connectivity index (χ0v) is 13.4. The van der Waals surface area contributed by atoms with Gasteiger partial charge in [-0.25, -0.2) is 4.79 Å². The quantitative estimate of drug-likeness (QED) is 0.793. The third-order valence-corrected chi connectivity index (χ3v) is 3.49. The standard InChI is InChI=1S/C13H18BrNO5/c1-5-20-13(16)10(15)7-6-8(17-2)11(18-3)12(19-4)9(7)14/h6,10H,5,15H2,1-4H3. The number of esters is 1. The Hall–Kier alpha value is -1.47. The Morgan fingerprint density at radius 3 is 2.30 bits per heavy atom. The number of nitrogens with two attached hydrogens (primary N) is 1. The fraction of sp³-hybridized carbons (Fsp3) is 0.462. The van der Waals surface area contributed by atoms with Crippen LogP contribution in [0.4, 0.5) is 0 Å². The minimum Gasteiger partial charge on any atom is -0.493 e. The molecule has 0 aliphatic heterocycles. The minimum absolute atomic E-state index is 0.259. The lowest BCUT2D eigenvalue weighted by atomic mass is 10.1. The number of rotatable bonds is 6. The zero-order valence-electron chi connectivity index (χ0n) is 11.9. The third kappa shape index (κ3) is 3.16. The number of halogens is 1. The summed E-state index contributed by atoms with van der Waals surface area (Å²) in [6.07, 6.45) is 0. The van der Waals surface area contributed by atoms with Crippen molar-refractivity contribution in [1.82, 2.24) is 0 Å². The molecule has 1 atom stereocenters. The van der Waals surface area contributed by atoms with E-state index in [1.807, 2.05) is 0 Å². The van der Waals surface area contributed by atoms with E-state index in [9.17, 15) is 4.79 Å². The molecule has 0 saturated heterocycles. The largest absolute Gasteiger partial charge is 0.493 e. The molecule has 0 aliphatic carbocycles. The maximum atomic E-state index is 11.8. The van der Waals surface area contributed by atoms with Crippen LogP contribution in [0.1, 0.15) is 18.5 Å². The maximum Gasteiger partial charge on any atom is 0.327 e. The van der Waals surface area contributed by atoms with Crippen LogP contribution in [0.5, 0.6) is 17.2 Å². The molecule has 7 heteroatoms. The van der Waals surface area contributed by atoms with Crippen LogP contribution in [-0.4, -0.2) is 33.9 Å². The van der Waals surface area contributed by atoms with Gasteiger partial charge in [-0.15, -0.1) is 0 Å². The molecule has 2 N–H and O–H groups in total. The van der Waals surface area contributed by atoms with Crippen molar-refractivity contribution in [3.8, 4) is 17.2 Å². The summed E-state index contributed by atoms with van der Waals surface area (Å²) >= 11 is 3.37. The second kappa shape index (κ2) is 7.35. The monoisotopic (exact) mass is 347 g/mol. The number of ether oxygens (including phenoxy) is 4. The first-order valence-corrected chi connectivity index (χ1v) is 6.71. The maximum absolute atomic E-state index is 11.8. The number of hydrogen-bond acceptors (Lipinski definition) is 6. The third-order valence-electron chi connectivity index (χ3n) is 2.67. The summed E-state index contributed by atoms with van der Waals surface area (Å²) in [4.78, 5) is 11.8. The molecule has 1 rings (SSSR count). The van der Waals surface area contributed by atoms with E-state index in [4.69, 9.17) is 24.7 Å². The summed E-state index contributed by atoms with van der Waals surface area (Å²) in [6.45, 7) is 1.98. The van der Waals surface area contributed by atoms with Gasteiger partial charge >= 0.3 is 5.97 Å². The van der Waals surface area contributed by atoms with Gasteiger partial charge < -0.3 is 24.7 Å². The van der Waals surface area contributed by atoms with Crippen molar-refractivity contribution >= 4 is 21.9 Å². The molecule has 0 spiro atoms. The highest BCUT2D eigenvalue weighted by Gasteiger charge is 2.26. The van der Waals surface area contributed by atoms with E-state index in [1.54, 1.807) is 13.0 Å². The normalized spacial score (nSPS) is 11.7. The van der Waals surface area contributed by atoms with Gasteiger partial charge in [0.1, 0.15) is 6.04 Å². The molecule has 112 valence electrons. The van der Waals surface area contributed by atoms with Gasteiger partial charge in [0.05, 0.1) is 32.4 Å². The molecule has 0 radical (unpaired) electrons. The number of hydrogen-bond donors (Lipinski definition) is 1. The highest BCUT2D eigenvalue weighted by Crippen LogP contribution is 2.46. The first kappa shape index (κ1) is 16.6. The predicted molar refractivity (Wildman–Crippen MR) is 77.4 cm³/mol. The van der Waals surface area contributed by atoms with Gasteiger partial charge in [0.15, 0.2) is 11.5 Å². The van der Waals surface area contributed by atoms with Gasteiger partial charge in [-0.1, -0.05) is 0 Å². The van der Waals surface area contributed by atoms with Crippen molar-refractivity contribution in [3.05, 3.63) is 16.1 Å². The van der Waals surface area contributed by atoms with Crippen molar-refractivity contribution in [1.29, 1.82) is 0 Å². The van der Waals surface area contributed by atoms with Gasteiger partial charge in [0.25, 0.3) is 0 Å². The van der Waals surface area contributed by atoms with Crippen LogP contribution in [0, 0.1) is 0 Å². The molecule has 0 fully saturated rings. The molecule has 0 aliphatic rings. The molecule has 0 bridgehead atoms. The molecule has 6 nitrogen and oxygen atoms in total. The lowest BCUT2D eigenvalue weighted by Crippen LogP contribution is -2.24. The summed E-state index contributed by atoms with van der Waals surface area (Å²) < 4.78 is 21.2. The molecule has 0 saturated carbocycles. The zero-order chi connectivity index (χ0) is 15.3. The topological polar surface area (TPSA) is 80.0 Å². The molecule has 1 aromatic carbocycles. The van der Waals surface area contributed by atoms with Crippen LogP contribution >= 0.6 is 15.9 Å². The Bertz CT molecular complexity index is 492. The van der Waals surface area contributed by atoms with E-state index >= 15 is 0 Å². The predicted octanol–water partition coefficient (Wildman–Crippen LogP) is 2.04. The fourth-order valence-electron chi connectivity index (χ4n) is 1.73. The van der Waals surface area contributed by atoms with Crippen LogP contribution < -0.4 is 19.9 Å². The Labute approximate surface area is 126 Å². The summed E-state index contributed by atoms with van der Waals surface area (Å²) in [7, 11) is 4.48. The second-order valence-electron chi connectivity index (χ2n) is 3.78. The fourth-order valence-corrected chi connectivity index (χ4v) is 2.43. The van der Waals surface area contributed by atoms with Crippen molar-refractivity contribution in [2.45, 2.75) is 13.0 Å². The molecule has 20 heavy (non-hydrogen) atoms. The van der Waals surface area contributed by atoms with Crippen LogP contribution in [-0.2, 0) is 9.53 Å². The Kier molecular flexibility index (Phi) is 6.09. The van der Waals surface area contributed by atoms with Gasteiger partial charge in [-0.05, 0) is 28.9 Å². The van der Waals surface area contributed by atoms with Crippen LogP contribution in [0.15, 0.2) is 10.5 Å². The van der Waals surface area contributed by atoms with Crippen molar-refractivity contribution in [2.24, 2.45) is 5.73 Å². The van der Waals surface area contributed by atoms with E-state index < -0.39 is 12.0 Å². The van der Waals surface area contributed by atoms with E-state index in [0.717, 1.165) is 0 Å². The van der Waals surface area contributed by atoms with Gasteiger partial charge in [-0.2, -0.15) is 0 Å². The Balaban J connectivity index is 3.37.